The second-order valence-corrected chi connectivity index (χ2v) is 9.14. The van der Waals surface area contributed by atoms with E-state index in [4.69, 9.17) is 4.74 Å². The van der Waals surface area contributed by atoms with Gasteiger partial charge in [0.25, 0.3) is 0 Å². The predicted molar refractivity (Wildman–Crippen MR) is 126 cm³/mol. The smallest absolute Gasteiger partial charge is 0.329 e. The van der Waals surface area contributed by atoms with Crippen LogP contribution in [0.25, 0.3) is 11.3 Å². The van der Waals surface area contributed by atoms with Crippen LogP contribution in [0.5, 0.6) is 11.5 Å². The topological polar surface area (TPSA) is 102 Å². The van der Waals surface area contributed by atoms with Gasteiger partial charge in [-0.05, 0) is 44.4 Å². The number of nitrogens with one attached hydrogen (secondary N) is 1. The largest absolute Gasteiger partial charge is 0.455 e. The van der Waals surface area contributed by atoms with Gasteiger partial charge >= 0.3 is 6.03 Å². The molecule has 1 aliphatic heterocycles. The van der Waals surface area contributed by atoms with Gasteiger partial charge in [0.1, 0.15) is 17.3 Å². The summed E-state index contributed by atoms with van der Waals surface area (Å²) in [6.07, 6.45) is 11.1. The minimum absolute atomic E-state index is 0.0384. The zero-order valence-corrected chi connectivity index (χ0v) is 19.5. The summed E-state index contributed by atoms with van der Waals surface area (Å²) in [6, 6.07) is 6.64. The summed E-state index contributed by atoms with van der Waals surface area (Å²) in [5, 5.41) is 6.96. The third-order valence-electron chi connectivity index (χ3n) is 6.80. The maximum atomic E-state index is 13.0. The van der Waals surface area contributed by atoms with E-state index in [2.05, 4.69) is 20.4 Å². The van der Waals surface area contributed by atoms with Gasteiger partial charge in [-0.2, -0.15) is 5.10 Å². The van der Waals surface area contributed by atoms with E-state index in [1.807, 2.05) is 26.2 Å². The molecule has 2 fully saturated rings. The van der Waals surface area contributed by atoms with Gasteiger partial charge in [0, 0.05) is 37.6 Å². The third kappa shape index (κ3) is 4.25. The molecule has 2 aliphatic rings. The van der Waals surface area contributed by atoms with Crippen LogP contribution in [0.4, 0.5) is 10.6 Å². The summed E-state index contributed by atoms with van der Waals surface area (Å²) in [7, 11) is 1.85. The number of hydrogen-bond donors (Lipinski definition) is 1. The summed E-state index contributed by atoms with van der Waals surface area (Å²) in [5.41, 5.74) is 1.93. The number of likely N-dealkylation sites (tertiary alicyclic amines) is 1. The van der Waals surface area contributed by atoms with Crippen LogP contribution < -0.4 is 10.1 Å². The first-order chi connectivity index (χ1) is 16.4. The molecular formula is C25H28N6O3. The number of aryl methyl sites for hydroxylation is 2. The number of carbonyl (C=O) groups is 2. The molecular weight excluding hydrogens is 432 g/mol. The van der Waals surface area contributed by atoms with Crippen LogP contribution >= 0.6 is 0 Å². The third-order valence-corrected chi connectivity index (χ3v) is 6.80. The molecule has 3 aromatic heterocycles. The average molecular weight is 461 g/mol. The van der Waals surface area contributed by atoms with Crippen LogP contribution in [0.1, 0.15) is 44.2 Å². The molecule has 1 saturated carbocycles. The van der Waals surface area contributed by atoms with Gasteiger partial charge in [-0.15, -0.1) is 0 Å². The molecule has 0 unspecified atom stereocenters. The SMILES string of the molecule is Cc1nc(NC(=O)N2CCC3(CCCCC3)C2=O)ccc1Oc1ccnc(-c2cnn(C)c2)c1. The summed E-state index contributed by atoms with van der Waals surface area (Å²) in [6.45, 7) is 2.28. The lowest BCUT2D eigenvalue weighted by molar-refractivity contribution is -0.135. The highest BCUT2D eigenvalue weighted by Gasteiger charge is 2.48. The minimum atomic E-state index is -0.414. The molecule has 9 nitrogen and oxygen atoms in total. The number of aromatic nitrogens is 4. The van der Waals surface area contributed by atoms with Crippen molar-refractivity contribution in [3.63, 3.8) is 0 Å². The Morgan fingerprint density at radius 1 is 1.15 bits per heavy atom. The van der Waals surface area contributed by atoms with Crippen LogP contribution in [0.3, 0.4) is 0 Å². The van der Waals surface area contributed by atoms with E-state index in [1.54, 1.807) is 35.3 Å². The number of carbonyl (C=O) groups excluding carboxylic acids is 2. The Labute approximate surface area is 198 Å². The number of imide groups is 1. The maximum absolute atomic E-state index is 13.0. The van der Waals surface area contributed by atoms with Crippen LogP contribution in [-0.2, 0) is 11.8 Å². The number of urea groups is 1. The highest BCUT2D eigenvalue weighted by atomic mass is 16.5. The monoisotopic (exact) mass is 460 g/mol. The van der Waals surface area contributed by atoms with Gasteiger partial charge in [0.15, 0.2) is 0 Å². The average Bonchev–Trinajstić information content (AvgIpc) is 3.40. The second-order valence-electron chi connectivity index (χ2n) is 9.14. The number of pyridine rings is 2. The normalized spacial score (nSPS) is 17.2. The number of hydrogen-bond acceptors (Lipinski definition) is 6. The fourth-order valence-corrected chi connectivity index (χ4v) is 4.92. The Bertz CT molecular complexity index is 1230. The molecule has 5 rings (SSSR count). The van der Waals surface area contributed by atoms with Gasteiger partial charge in [-0.25, -0.2) is 9.78 Å². The molecule has 0 atom stereocenters. The molecule has 176 valence electrons. The fraction of sp³-hybridized carbons (Fsp3) is 0.400. The Morgan fingerprint density at radius 3 is 2.71 bits per heavy atom. The molecule has 0 bridgehead atoms. The summed E-state index contributed by atoms with van der Waals surface area (Å²) in [5.74, 6) is 1.54. The quantitative estimate of drug-likeness (QED) is 0.606. The molecule has 3 amide bonds. The van der Waals surface area contributed by atoms with Crippen LogP contribution in [0.15, 0.2) is 42.9 Å². The van der Waals surface area contributed by atoms with E-state index in [1.165, 1.54) is 11.3 Å². The van der Waals surface area contributed by atoms with Crippen molar-refractivity contribution >= 4 is 17.8 Å². The van der Waals surface area contributed by atoms with E-state index in [0.29, 0.717) is 29.6 Å². The number of ether oxygens (including phenoxy) is 1. The second kappa shape index (κ2) is 8.89. The standard InChI is InChI=1S/C25H28N6O3/c1-17-21(34-19-8-12-26-20(14-19)18-15-27-30(2)16-18)6-7-22(28-17)29-24(33)31-13-11-25(23(31)32)9-4-3-5-10-25/h6-8,12,14-16H,3-5,9-11,13H2,1-2H3,(H,28,29,33). The van der Waals surface area contributed by atoms with E-state index >= 15 is 0 Å². The van der Waals surface area contributed by atoms with Crippen molar-refractivity contribution in [2.75, 3.05) is 11.9 Å². The number of anilines is 1. The van der Waals surface area contributed by atoms with Crippen molar-refractivity contribution in [1.29, 1.82) is 0 Å². The first kappa shape index (κ1) is 22.1. The van der Waals surface area contributed by atoms with Crippen molar-refractivity contribution < 1.29 is 14.3 Å². The van der Waals surface area contributed by atoms with Gasteiger partial charge in [0.05, 0.1) is 23.0 Å². The lowest BCUT2D eigenvalue weighted by Gasteiger charge is -2.31. The Hall–Kier alpha value is -3.75. The molecule has 3 aromatic rings. The fourth-order valence-electron chi connectivity index (χ4n) is 4.92. The van der Waals surface area contributed by atoms with Gasteiger partial charge < -0.3 is 4.74 Å². The summed E-state index contributed by atoms with van der Waals surface area (Å²) in [4.78, 5) is 36.0. The van der Waals surface area contributed by atoms with Gasteiger partial charge in [-0.3, -0.25) is 24.7 Å². The van der Waals surface area contributed by atoms with E-state index in [-0.39, 0.29) is 11.3 Å². The first-order valence-corrected chi connectivity index (χ1v) is 11.7. The van der Waals surface area contributed by atoms with Crippen molar-refractivity contribution in [2.45, 2.75) is 45.4 Å². The van der Waals surface area contributed by atoms with Crippen molar-refractivity contribution in [3.05, 3.63) is 48.5 Å². The zero-order valence-electron chi connectivity index (χ0n) is 19.5. The lowest BCUT2D eigenvalue weighted by atomic mass is 9.73. The van der Waals surface area contributed by atoms with Crippen LogP contribution in [0.2, 0.25) is 0 Å². The van der Waals surface area contributed by atoms with Crippen LogP contribution in [0, 0.1) is 12.3 Å². The Kier molecular flexibility index (Phi) is 5.77. The molecule has 9 heteroatoms. The van der Waals surface area contributed by atoms with Gasteiger partial charge in [-0.1, -0.05) is 19.3 Å². The molecule has 4 heterocycles. The molecule has 0 radical (unpaired) electrons. The highest BCUT2D eigenvalue weighted by molar-refractivity contribution is 6.04. The van der Waals surface area contributed by atoms with Crippen molar-refractivity contribution in [3.8, 4) is 22.8 Å². The molecule has 1 saturated heterocycles. The number of rotatable bonds is 4. The molecule has 1 N–H and O–H groups in total. The molecule has 1 aliphatic carbocycles. The number of amides is 3. The predicted octanol–water partition coefficient (Wildman–Crippen LogP) is 4.69. The maximum Gasteiger partial charge on any atom is 0.329 e. The van der Waals surface area contributed by atoms with E-state index in [0.717, 1.165) is 43.4 Å². The highest BCUT2D eigenvalue weighted by Crippen LogP contribution is 2.44. The van der Waals surface area contributed by atoms with Crippen molar-refractivity contribution in [2.24, 2.45) is 12.5 Å². The van der Waals surface area contributed by atoms with E-state index in [9.17, 15) is 9.59 Å². The molecule has 34 heavy (non-hydrogen) atoms. The van der Waals surface area contributed by atoms with Crippen molar-refractivity contribution in [1.82, 2.24) is 24.6 Å². The molecule has 0 aromatic carbocycles. The van der Waals surface area contributed by atoms with Gasteiger partial charge in [0.2, 0.25) is 5.91 Å². The lowest BCUT2D eigenvalue weighted by Crippen LogP contribution is -2.41. The van der Waals surface area contributed by atoms with Crippen LogP contribution in [-0.4, -0.2) is 43.1 Å². The number of nitrogens with zero attached hydrogens (tertiary/aromatic N) is 5. The zero-order chi connectivity index (χ0) is 23.7. The summed E-state index contributed by atoms with van der Waals surface area (Å²) < 4.78 is 7.74. The minimum Gasteiger partial charge on any atom is -0.455 e. The Morgan fingerprint density at radius 2 is 1.97 bits per heavy atom. The first-order valence-electron chi connectivity index (χ1n) is 11.7. The Balaban J connectivity index is 1.25. The van der Waals surface area contributed by atoms with E-state index < -0.39 is 6.03 Å². The summed E-state index contributed by atoms with van der Waals surface area (Å²) >= 11 is 0. The molecule has 1 spiro atoms.